The van der Waals surface area contributed by atoms with Crippen LogP contribution < -0.4 is 0 Å². The Bertz CT molecular complexity index is 515. The highest BCUT2D eigenvalue weighted by Gasteiger charge is 2.19. The Labute approximate surface area is 133 Å². The van der Waals surface area contributed by atoms with Crippen molar-refractivity contribution < 1.29 is 4.79 Å². The van der Waals surface area contributed by atoms with Crippen molar-refractivity contribution in [2.24, 2.45) is 0 Å². The van der Waals surface area contributed by atoms with Crippen molar-refractivity contribution in [1.29, 1.82) is 0 Å². The number of rotatable bonds is 6. The van der Waals surface area contributed by atoms with Gasteiger partial charge in [0.2, 0.25) is 5.91 Å². The second-order valence-corrected chi connectivity index (χ2v) is 5.92. The van der Waals surface area contributed by atoms with Crippen molar-refractivity contribution in [2.75, 3.05) is 19.6 Å². The third-order valence-electron chi connectivity index (χ3n) is 4.27. The van der Waals surface area contributed by atoms with E-state index in [1.165, 1.54) is 5.57 Å². The second kappa shape index (κ2) is 8.03. The highest BCUT2D eigenvalue weighted by Crippen LogP contribution is 2.16. The third kappa shape index (κ3) is 4.63. The zero-order valence-electron chi connectivity index (χ0n) is 13.8. The van der Waals surface area contributed by atoms with Gasteiger partial charge in [-0.15, -0.1) is 0 Å². The molecule has 0 bridgehead atoms. The van der Waals surface area contributed by atoms with Crippen LogP contribution in [0.1, 0.15) is 39.4 Å². The van der Waals surface area contributed by atoms with Crippen LogP contribution in [0.4, 0.5) is 0 Å². The van der Waals surface area contributed by atoms with Crippen LogP contribution in [0.15, 0.2) is 30.1 Å². The molecule has 2 rings (SSSR count). The average molecular weight is 302 g/mol. The molecule has 1 amide bonds. The van der Waals surface area contributed by atoms with Crippen LogP contribution in [0, 0.1) is 0 Å². The molecule has 1 atom stereocenters. The maximum Gasteiger partial charge on any atom is 0.219 e. The van der Waals surface area contributed by atoms with Crippen LogP contribution in [0.2, 0.25) is 0 Å². The Hall–Kier alpha value is -1.75. The molecule has 0 unspecified atom stereocenters. The SMILES string of the molecule is CC[C@H](C)N(CC1=CCN(Cc2ncccn2)CC1)C(C)=O. The summed E-state index contributed by atoms with van der Waals surface area (Å²) in [6.07, 6.45) is 7.82. The molecule has 2 heterocycles. The van der Waals surface area contributed by atoms with E-state index in [2.05, 4.69) is 34.8 Å². The van der Waals surface area contributed by atoms with Gasteiger partial charge in [-0.3, -0.25) is 9.69 Å². The van der Waals surface area contributed by atoms with Gasteiger partial charge in [-0.05, 0) is 25.8 Å². The van der Waals surface area contributed by atoms with E-state index in [1.54, 1.807) is 19.3 Å². The molecule has 0 spiro atoms. The maximum atomic E-state index is 11.8. The lowest BCUT2D eigenvalue weighted by Crippen LogP contribution is -2.39. The van der Waals surface area contributed by atoms with Crippen molar-refractivity contribution in [1.82, 2.24) is 19.8 Å². The highest BCUT2D eigenvalue weighted by molar-refractivity contribution is 5.73. The first kappa shape index (κ1) is 16.6. The predicted molar refractivity (Wildman–Crippen MR) is 87.1 cm³/mol. The molecular formula is C17H26N4O. The lowest BCUT2D eigenvalue weighted by atomic mass is 10.1. The van der Waals surface area contributed by atoms with Crippen molar-refractivity contribution in [3.05, 3.63) is 35.9 Å². The molecule has 5 nitrogen and oxygen atoms in total. The van der Waals surface area contributed by atoms with Gasteiger partial charge >= 0.3 is 0 Å². The van der Waals surface area contributed by atoms with Crippen LogP contribution in [0.3, 0.4) is 0 Å². The summed E-state index contributed by atoms with van der Waals surface area (Å²) in [6.45, 7) is 9.35. The molecule has 0 aliphatic carbocycles. The van der Waals surface area contributed by atoms with Crippen molar-refractivity contribution >= 4 is 5.91 Å². The van der Waals surface area contributed by atoms with E-state index in [4.69, 9.17) is 0 Å². The minimum absolute atomic E-state index is 0.162. The summed E-state index contributed by atoms with van der Waals surface area (Å²) < 4.78 is 0. The summed E-state index contributed by atoms with van der Waals surface area (Å²) in [5.41, 5.74) is 1.36. The highest BCUT2D eigenvalue weighted by atomic mass is 16.2. The van der Waals surface area contributed by atoms with Crippen molar-refractivity contribution in [3.8, 4) is 0 Å². The molecule has 0 fully saturated rings. The Kier molecular flexibility index (Phi) is 6.07. The number of carbonyl (C=O) groups excluding carboxylic acids is 1. The Morgan fingerprint density at radius 2 is 2.14 bits per heavy atom. The van der Waals surface area contributed by atoms with E-state index < -0.39 is 0 Å². The standard InChI is InChI=1S/C17H26N4O/c1-4-14(2)21(15(3)22)12-16-6-10-20(11-7-16)13-17-18-8-5-9-19-17/h5-6,8-9,14H,4,7,10-13H2,1-3H3/t14-/m0/s1. The molecule has 0 saturated carbocycles. The first-order valence-electron chi connectivity index (χ1n) is 8.03. The number of amides is 1. The van der Waals surface area contributed by atoms with Crippen LogP contribution in [0.25, 0.3) is 0 Å². The zero-order chi connectivity index (χ0) is 15.9. The minimum atomic E-state index is 0.162. The largest absolute Gasteiger partial charge is 0.336 e. The summed E-state index contributed by atoms with van der Waals surface area (Å²) >= 11 is 0. The fourth-order valence-electron chi connectivity index (χ4n) is 2.67. The quantitative estimate of drug-likeness (QED) is 0.756. The molecule has 0 radical (unpaired) electrons. The van der Waals surface area contributed by atoms with Gasteiger partial charge in [0.1, 0.15) is 5.82 Å². The molecular weight excluding hydrogens is 276 g/mol. The van der Waals surface area contributed by atoms with Gasteiger partial charge in [-0.25, -0.2) is 9.97 Å². The first-order chi connectivity index (χ1) is 10.6. The lowest BCUT2D eigenvalue weighted by Gasteiger charge is -2.31. The van der Waals surface area contributed by atoms with Gasteiger partial charge in [0, 0.05) is 45.0 Å². The molecule has 1 aromatic rings. The van der Waals surface area contributed by atoms with Crippen molar-refractivity contribution in [3.63, 3.8) is 0 Å². The number of carbonyl (C=O) groups is 1. The Morgan fingerprint density at radius 3 is 2.68 bits per heavy atom. The second-order valence-electron chi connectivity index (χ2n) is 5.92. The summed E-state index contributed by atoms with van der Waals surface area (Å²) in [5.74, 6) is 1.03. The monoisotopic (exact) mass is 302 g/mol. The third-order valence-corrected chi connectivity index (χ3v) is 4.27. The van der Waals surface area contributed by atoms with Gasteiger partial charge in [-0.1, -0.05) is 18.6 Å². The summed E-state index contributed by atoms with van der Waals surface area (Å²) in [6, 6.07) is 2.14. The number of nitrogens with zero attached hydrogens (tertiary/aromatic N) is 4. The van der Waals surface area contributed by atoms with Crippen LogP contribution in [0.5, 0.6) is 0 Å². The normalized spacial score (nSPS) is 17.0. The fourth-order valence-corrected chi connectivity index (χ4v) is 2.67. The summed E-state index contributed by atoms with van der Waals surface area (Å²) in [4.78, 5) is 24.6. The first-order valence-corrected chi connectivity index (χ1v) is 8.03. The Morgan fingerprint density at radius 1 is 1.41 bits per heavy atom. The van der Waals surface area contributed by atoms with Gasteiger partial charge in [-0.2, -0.15) is 0 Å². The topological polar surface area (TPSA) is 49.3 Å². The van der Waals surface area contributed by atoms with Crippen LogP contribution >= 0.6 is 0 Å². The molecule has 0 N–H and O–H groups in total. The molecule has 0 saturated heterocycles. The predicted octanol–water partition coefficient (Wildman–Crippen LogP) is 2.26. The zero-order valence-corrected chi connectivity index (χ0v) is 13.8. The van der Waals surface area contributed by atoms with E-state index in [-0.39, 0.29) is 5.91 Å². The van der Waals surface area contributed by atoms with E-state index in [9.17, 15) is 4.79 Å². The fraction of sp³-hybridized carbons (Fsp3) is 0.588. The number of aromatic nitrogens is 2. The average Bonchev–Trinajstić information content (AvgIpc) is 2.54. The molecule has 1 aromatic heterocycles. The molecule has 5 heteroatoms. The summed E-state index contributed by atoms with van der Waals surface area (Å²) in [7, 11) is 0. The number of hydrogen-bond donors (Lipinski definition) is 0. The molecule has 1 aliphatic heterocycles. The minimum Gasteiger partial charge on any atom is -0.336 e. The molecule has 22 heavy (non-hydrogen) atoms. The van der Waals surface area contributed by atoms with Gasteiger partial charge in [0.15, 0.2) is 0 Å². The van der Waals surface area contributed by atoms with E-state index in [0.29, 0.717) is 6.04 Å². The van der Waals surface area contributed by atoms with Crippen molar-refractivity contribution in [2.45, 2.75) is 46.2 Å². The maximum absolute atomic E-state index is 11.8. The molecule has 120 valence electrons. The van der Waals surface area contributed by atoms with Crippen LogP contribution in [-0.4, -0.2) is 51.4 Å². The molecule has 1 aliphatic rings. The van der Waals surface area contributed by atoms with Gasteiger partial charge < -0.3 is 4.90 Å². The number of hydrogen-bond acceptors (Lipinski definition) is 4. The molecule has 0 aromatic carbocycles. The van der Waals surface area contributed by atoms with E-state index in [1.807, 2.05) is 11.0 Å². The van der Waals surface area contributed by atoms with E-state index in [0.717, 1.165) is 44.8 Å². The Balaban J connectivity index is 1.89. The summed E-state index contributed by atoms with van der Waals surface area (Å²) in [5, 5.41) is 0. The van der Waals surface area contributed by atoms with Gasteiger partial charge in [0.25, 0.3) is 0 Å². The smallest absolute Gasteiger partial charge is 0.219 e. The van der Waals surface area contributed by atoms with Gasteiger partial charge in [0.05, 0.1) is 6.54 Å². The lowest BCUT2D eigenvalue weighted by molar-refractivity contribution is -0.130. The van der Waals surface area contributed by atoms with E-state index >= 15 is 0 Å². The van der Waals surface area contributed by atoms with Crippen LogP contribution in [-0.2, 0) is 11.3 Å².